The summed E-state index contributed by atoms with van der Waals surface area (Å²) < 4.78 is 5.38. The molecule has 1 aliphatic carbocycles. The second-order valence-corrected chi connectivity index (χ2v) is 6.80. The Kier molecular flexibility index (Phi) is 5.11. The zero-order valence-corrected chi connectivity index (χ0v) is 14.9. The molecule has 2 heterocycles. The number of aromatic nitrogens is 2. The summed E-state index contributed by atoms with van der Waals surface area (Å²) in [6.45, 7) is 0.551. The van der Waals surface area contributed by atoms with Crippen LogP contribution >= 0.6 is 12.4 Å². The summed E-state index contributed by atoms with van der Waals surface area (Å²) in [5.41, 5.74) is 8.15. The van der Waals surface area contributed by atoms with Crippen LogP contribution in [-0.2, 0) is 23.2 Å². The first-order chi connectivity index (χ1) is 11.7. The van der Waals surface area contributed by atoms with Gasteiger partial charge in [-0.25, -0.2) is 0 Å². The molecular weight excluding hydrogens is 340 g/mol. The molecule has 1 amide bonds. The number of nitrogens with zero attached hydrogens (tertiary/aromatic N) is 3. The molecular formula is C18H23ClN4O2. The van der Waals surface area contributed by atoms with Crippen molar-refractivity contribution < 1.29 is 9.32 Å². The maximum Gasteiger partial charge on any atom is 0.228 e. The Bertz CT molecular complexity index is 755. The Morgan fingerprint density at radius 2 is 1.96 bits per heavy atom. The maximum absolute atomic E-state index is 12.3. The number of carbonyl (C=O) groups is 1. The molecule has 0 unspecified atom stereocenters. The van der Waals surface area contributed by atoms with Crippen molar-refractivity contribution in [2.75, 3.05) is 11.4 Å². The quantitative estimate of drug-likeness (QED) is 0.903. The first-order valence-electron chi connectivity index (χ1n) is 8.66. The predicted octanol–water partition coefficient (Wildman–Crippen LogP) is 2.74. The van der Waals surface area contributed by atoms with E-state index in [1.165, 1.54) is 5.56 Å². The van der Waals surface area contributed by atoms with E-state index < -0.39 is 5.54 Å². The minimum Gasteiger partial charge on any atom is -0.339 e. The topological polar surface area (TPSA) is 85.2 Å². The largest absolute Gasteiger partial charge is 0.339 e. The van der Waals surface area contributed by atoms with Crippen molar-refractivity contribution in [2.24, 2.45) is 5.73 Å². The summed E-state index contributed by atoms with van der Waals surface area (Å²) in [7, 11) is 0. The standard InChI is InChI=1S/C18H22N4O2.ClH/c19-18(10-3-4-11-18)17-20-15(24-21-17)9-12-22-14-6-2-1-5-13(14)7-8-16(22)23;/h1-2,5-6H,3-4,7-12,19H2;1H. The summed E-state index contributed by atoms with van der Waals surface area (Å²) in [5.74, 6) is 1.32. The fourth-order valence-corrected chi connectivity index (χ4v) is 3.74. The average molecular weight is 363 g/mol. The lowest BCUT2D eigenvalue weighted by molar-refractivity contribution is -0.118. The van der Waals surface area contributed by atoms with Gasteiger partial charge in [-0.15, -0.1) is 12.4 Å². The van der Waals surface area contributed by atoms with Gasteiger partial charge in [0.05, 0.1) is 5.54 Å². The van der Waals surface area contributed by atoms with Crippen molar-refractivity contribution >= 4 is 24.0 Å². The third-order valence-electron chi connectivity index (χ3n) is 5.15. The molecule has 1 saturated carbocycles. The third-order valence-corrected chi connectivity index (χ3v) is 5.15. The molecule has 1 fully saturated rings. The van der Waals surface area contributed by atoms with Crippen LogP contribution in [-0.4, -0.2) is 22.6 Å². The van der Waals surface area contributed by atoms with Crippen LogP contribution in [0.3, 0.4) is 0 Å². The van der Waals surface area contributed by atoms with E-state index in [-0.39, 0.29) is 18.3 Å². The van der Waals surface area contributed by atoms with Gasteiger partial charge >= 0.3 is 0 Å². The first-order valence-corrected chi connectivity index (χ1v) is 8.66. The van der Waals surface area contributed by atoms with Gasteiger partial charge in [-0.1, -0.05) is 36.2 Å². The van der Waals surface area contributed by atoms with Gasteiger partial charge in [0.1, 0.15) is 0 Å². The van der Waals surface area contributed by atoms with E-state index in [0.29, 0.717) is 31.1 Å². The van der Waals surface area contributed by atoms with Crippen LogP contribution in [0.25, 0.3) is 0 Å². The minimum absolute atomic E-state index is 0. The highest BCUT2D eigenvalue weighted by Crippen LogP contribution is 2.34. The molecule has 0 spiro atoms. The molecule has 7 heteroatoms. The van der Waals surface area contributed by atoms with Gasteiger partial charge in [0.2, 0.25) is 11.8 Å². The van der Waals surface area contributed by atoms with Crippen molar-refractivity contribution in [3.8, 4) is 0 Å². The Hall–Kier alpha value is -1.92. The van der Waals surface area contributed by atoms with Crippen molar-refractivity contribution in [3.63, 3.8) is 0 Å². The predicted molar refractivity (Wildman–Crippen MR) is 96.7 cm³/mol. The number of amides is 1. The van der Waals surface area contributed by atoms with Crippen molar-refractivity contribution in [3.05, 3.63) is 41.5 Å². The van der Waals surface area contributed by atoms with Gasteiger partial charge in [-0.2, -0.15) is 4.98 Å². The normalized spacial score (nSPS) is 18.8. The van der Waals surface area contributed by atoms with Gasteiger partial charge < -0.3 is 15.2 Å². The van der Waals surface area contributed by atoms with E-state index in [0.717, 1.165) is 37.8 Å². The average Bonchev–Trinajstić information content (AvgIpc) is 3.24. The number of halogens is 1. The molecule has 1 aromatic heterocycles. The van der Waals surface area contributed by atoms with Crippen LogP contribution in [0.5, 0.6) is 0 Å². The summed E-state index contributed by atoms with van der Waals surface area (Å²) in [5, 5.41) is 4.08. The highest BCUT2D eigenvalue weighted by molar-refractivity contribution is 5.96. The van der Waals surface area contributed by atoms with Crippen LogP contribution in [0.15, 0.2) is 28.8 Å². The minimum atomic E-state index is -0.435. The molecule has 0 saturated heterocycles. The third kappa shape index (κ3) is 3.41. The lowest BCUT2D eigenvalue weighted by Crippen LogP contribution is -2.36. The van der Waals surface area contributed by atoms with Crippen molar-refractivity contribution in [1.29, 1.82) is 0 Å². The van der Waals surface area contributed by atoms with E-state index in [9.17, 15) is 4.79 Å². The number of hydrogen-bond acceptors (Lipinski definition) is 5. The number of rotatable bonds is 4. The maximum atomic E-state index is 12.3. The zero-order valence-electron chi connectivity index (χ0n) is 14.1. The van der Waals surface area contributed by atoms with Crippen LogP contribution in [0, 0.1) is 0 Å². The number of nitrogens with two attached hydrogens (primary N) is 1. The second kappa shape index (κ2) is 7.14. The van der Waals surface area contributed by atoms with E-state index in [1.807, 2.05) is 23.1 Å². The Morgan fingerprint density at radius 1 is 1.20 bits per heavy atom. The van der Waals surface area contributed by atoms with Crippen LogP contribution < -0.4 is 10.6 Å². The molecule has 2 N–H and O–H groups in total. The van der Waals surface area contributed by atoms with E-state index >= 15 is 0 Å². The number of fused-ring (bicyclic) bond motifs is 1. The van der Waals surface area contributed by atoms with Gasteiger partial charge in [0.25, 0.3) is 0 Å². The van der Waals surface area contributed by atoms with E-state index in [2.05, 4.69) is 16.2 Å². The van der Waals surface area contributed by atoms with Crippen LogP contribution in [0.1, 0.15) is 49.4 Å². The summed E-state index contributed by atoms with van der Waals surface area (Å²) in [4.78, 5) is 18.6. The fraction of sp³-hybridized carbons (Fsp3) is 0.500. The lowest BCUT2D eigenvalue weighted by Gasteiger charge is -2.28. The Morgan fingerprint density at radius 3 is 2.76 bits per heavy atom. The Labute approximate surface area is 153 Å². The molecule has 1 aliphatic heterocycles. The number of carbonyl (C=O) groups excluding carboxylic acids is 1. The highest BCUT2D eigenvalue weighted by atomic mass is 35.5. The molecule has 0 radical (unpaired) electrons. The van der Waals surface area contributed by atoms with Gasteiger partial charge in [-0.05, 0) is 30.9 Å². The number of anilines is 1. The van der Waals surface area contributed by atoms with Crippen molar-refractivity contribution in [1.82, 2.24) is 10.1 Å². The highest BCUT2D eigenvalue weighted by Gasteiger charge is 2.36. The fourth-order valence-electron chi connectivity index (χ4n) is 3.74. The zero-order chi connectivity index (χ0) is 16.6. The molecule has 6 nitrogen and oxygen atoms in total. The second-order valence-electron chi connectivity index (χ2n) is 6.80. The number of para-hydroxylation sites is 1. The molecule has 0 bridgehead atoms. The summed E-state index contributed by atoms with van der Waals surface area (Å²) in [6, 6.07) is 8.06. The van der Waals surface area contributed by atoms with E-state index in [4.69, 9.17) is 10.3 Å². The van der Waals surface area contributed by atoms with Gasteiger partial charge in [0.15, 0.2) is 5.82 Å². The first kappa shape index (κ1) is 17.9. The van der Waals surface area contributed by atoms with Gasteiger partial charge in [0, 0.05) is 25.1 Å². The van der Waals surface area contributed by atoms with Crippen LogP contribution in [0.2, 0.25) is 0 Å². The number of benzene rings is 1. The monoisotopic (exact) mass is 362 g/mol. The molecule has 1 aromatic carbocycles. The van der Waals surface area contributed by atoms with Crippen molar-refractivity contribution in [2.45, 2.75) is 50.5 Å². The number of hydrogen-bond donors (Lipinski definition) is 1. The summed E-state index contributed by atoms with van der Waals surface area (Å²) in [6.07, 6.45) is 5.94. The molecule has 2 aliphatic rings. The lowest BCUT2D eigenvalue weighted by atomic mass is 9.99. The molecule has 2 aromatic rings. The molecule has 0 atom stereocenters. The smallest absolute Gasteiger partial charge is 0.228 e. The number of aryl methyl sites for hydroxylation is 1. The summed E-state index contributed by atoms with van der Waals surface area (Å²) >= 11 is 0. The van der Waals surface area contributed by atoms with Gasteiger partial charge in [-0.3, -0.25) is 4.79 Å². The molecule has 4 rings (SSSR count). The molecule has 134 valence electrons. The SMILES string of the molecule is Cl.NC1(c2noc(CCN3C(=O)CCc4ccccc43)n2)CCCC1. The van der Waals surface area contributed by atoms with Crippen LogP contribution in [0.4, 0.5) is 5.69 Å². The Balaban J connectivity index is 0.00000182. The molecule has 25 heavy (non-hydrogen) atoms. The van der Waals surface area contributed by atoms with E-state index in [1.54, 1.807) is 0 Å².